The third-order valence-electron chi connectivity index (χ3n) is 3.21. The van der Waals surface area contributed by atoms with E-state index in [1.807, 2.05) is 18.2 Å². The predicted molar refractivity (Wildman–Crippen MR) is 82.5 cm³/mol. The maximum atomic E-state index is 7.73. The SMILES string of the molecule is CCC(C)CN(CC)c1cccc(Br)c1C(=N)N. The van der Waals surface area contributed by atoms with Crippen molar-refractivity contribution in [3.05, 3.63) is 28.2 Å². The molecule has 1 rings (SSSR count). The van der Waals surface area contributed by atoms with E-state index in [1.54, 1.807) is 0 Å². The van der Waals surface area contributed by atoms with E-state index in [9.17, 15) is 0 Å². The minimum Gasteiger partial charge on any atom is -0.384 e. The molecule has 1 unspecified atom stereocenters. The minimum absolute atomic E-state index is 0.111. The van der Waals surface area contributed by atoms with Gasteiger partial charge in [0.25, 0.3) is 0 Å². The highest BCUT2D eigenvalue weighted by Gasteiger charge is 2.16. The molecule has 0 aliphatic heterocycles. The summed E-state index contributed by atoms with van der Waals surface area (Å²) in [5.74, 6) is 0.740. The zero-order chi connectivity index (χ0) is 13.7. The van der Waals surface area contributed by atoms with Crippen molar-refractivity contribution in [3.63, 3.8) is 0 Å². The molecule has 0 radical (unpaired) electrons. The lowest BCUT2D eigenvalue weighted by molar-refractivity contribution is 0.548. The van der Waals surface area contributed by atoms with Crippen LogP contribution in [0.25, 0.3) is 0 Å². The summed E-state index contributed by atoms with van der Waals surface area (Å²) in [7, 11) is 0. The molecule has 0 saturated carbocycles. The molecule has 1 aromatic rings. The summed E-state index contributed by atoms with van der Waals surface area (Å²) in [5, 5.41) is 7.73. The van der Waals surface area contributed by atoms with Crippen molar-refractivity contribution in [3.8, 4) is 0 Å². The van der Waals surface area contributed by atoms with Crippen molar-refractivity contribution in [2.45, 2.75) is 27.2 Å². The van der Waals surface area contributed by atoms with E-state index in [0.717, 1.165) is 35.2 Å². The first kappa shape index (κ1) is 15.0. The Morgan fingerprint density at radius 1 is 1.44 bits per heavy atom. The standard InChI is InChI=1S/C14H22BrN3/c1-4-10(3)9-18(5-2)12-8-6-7-11(15)13(12)14(16)17/h6-8,10H,4-5,9H2,1-3H3,(H3,16,17). The Balaban J connectivity index is 3.13. The summed E-state index contributed by atoms with van der Waals surface area (Å²) >= 11 is 3.48. The van der Waals surface area contributed by atoms with Gasteiger partial charge in [-0.25, -0.2) is 0 Å². The van der Waals surface area contributed by atoms with E-state index in [2.05, 4.69) is 41.6 Å². The molecule has 18 heavy (non-hydrogen) atoms. The number of anilines is 1. The number of rotatable bonds is 6. The molecule has 0 bridgehead atoms. The molecule has 0 aliphatic carbocycles. The van der Waals surface area contributed by atoms with Crippen LogP contribution < -0.4 is 10.6 Å². The van der Waals surface area contributed by atoms with Gasteiger partial charge in [-0.15, -0.1) is 0 Å². The molecule has 0 saturated heterocycles. The van der Waals surface area contributed by atoms with Gasteiger partial charge in [-0.05, 0) is 40.9 Å². The number of nitrogen functional groups attached to an aromatic ring is 1. The summed E-state index contributed by atoms with van der Waals surface area (Å²) in [6.45, 7) is 8.48. The monoisotopic (exact) mass is 311 g/mol. The second kappa shape index (κ2) is 6.78. The Hall–Kier alpha value is -1.03. The van der Waals surface area contributed by atoms with Crippen LogP contribution in [0.2, 0.25) is 0 Å². The second-order valence-corrected chi connectivity index (χ2v) is 5.45. The van der Waals surface area contributed by atoms with Crippen LogP contribution in [0.1, 0.15) is 32.8 Å². The molecule has 3 nitrogen and oxygen atoms in total. The molecule has 0 heterocycles. The molecule has 0 aromatic heterocycles. The van der Waals surface area contributed by atoms with Crippen molar-refractivity contribution < 1.29 is 0 Å². The normalized spacial score (nSPS) is 12.2. The number of nitrogens with one attached hydrogen (secondary N) is 1. The molecule has 100 valence electrons. The predicted octanol–water partition coefficient (Wildman–Crippen LogP) is 3.61. The molecule has 4 heteroatoms. The summed E-state index contributed by atoms with van der Waals surface area (Å²) in [6, 6.07) is 5.95. The van der Waals surface area contributed by atoms with Crippen LogP contribution in [0.4, 0.5) is 5.69 Å². The smallest absolute Gasteiger partial charge is 0.126 e. The highest BCUT2D eigenvalue weighted by atomic mass is 79.9. The minimum atomic E-state index is 0.111. The van der Waals surface area contributed by atoms with Gasteiger partial charge in [0.1, 0.15) is 5.84 Å². The lowest BCUT2D eigenvalue weighted by Crippen LogP contribution is -2.30. The van der Waals surface area contributed by atoms with E-state index < -0.39 is 0 Å². The van der Waals surface area contributed by atoms with Crippen molar-refractivity contribution in [2.75, 3.05) is 18.0 Å². The van der Waals surface area contributed by atoms with Crippen LogP contribution in [0, 0.1) is 11.3 Å². The average molecular weight is 312 g/mol. The van der Waals surface area contributed by atoms with E-state index in [4.69, 9.17) is 11.1 Å². The Morgan fingerprint density at radius 2 is 2.11 bits per heavy atom. The van der Waals surface area contributed by atoms with Gasteiger partial charge in [0.2, 0.25) is 0 Å². The molecule has 1 aromatic carbocycles. The van der Waals surface area contributed by atoms with E-state index >= 15 is 0 Å². The topological polar surface area (TPSA) is 53.1 Å². The van der Waals surface area contributed by atoms with Crippen molar-refractivity contribution >= 4 is 27.5 Å². The van der Waals surface area contributed by atoms with E-state index in [0.29, 0.717) is 5.92 Å². The van der Waals surface area contributed by atoms with Crippen LogP contribution in [0.5, 0.6) is 0 Å². The van der Waals surface area contributed by atoms with Gasteiger partial charge in [0.05, 0.1) is 5.56 Å². The molecule has 0 aliphatic rings. The zero-order valence-electron chi connectivity index (χ0n) is 11.3. The van der Waals surface area contributed by atoms with Gasteiger partial charge in [0, 0.05) is 23.2 Å². The molecule has 1 atom stereocenters. The maximum absolute atomic E-state index is 7.73. The van der Waals surface area contributed by atoms with E-state index in [1.165, 1.54) is 0 Å². The number of halogens is 1. The lowest BCUT2D eigenvalue weighted by atomic mass is 10.1. The number of hydrogen-bond acceptors (Lipinski definition) is 2. The highest BCUT2D eigenvalue weighted by molar-refractivity contribution is 9.10. The number of benzene rings is 1. The number of hydrogen-bond donors (Lipinski definition) is 2. The Kier molecular flexibility index (Phi) is 5.66. The number of amidine groups is 1. The van der Waals surface area contributed by atoms with Gasteiger partial charge in [0.15, 0.2) is 0 Å². The van der Waals surface area contributed by atoms with Crippen molar-refractivity contribution in [1.29, 1.82) is 5.41 Å². The van der Waals surface area contributed by atoms with Gasteiger partial charge >= 0.3 is 0 Å². The molecule has 0 spiro atoms. The third kappa shape index (κ3) is 3.48. The third-order valence-corrected chi connectivity index (χ3v) is 3.87. The van der Waals surface area contributed by atoms with Crippen molar-refractivity contribution in [2.24, 2.45) is 11.7 Å². The second-order valence-electron chi connectivity index (χ2n) is 4.60. The number of nitrogens with two attached hydrogens (primary N) is 1. The largest absolute Gasteiger partial charge is 0.384 e. The van der Waals surface area contributed by atoms with Crippen LogP contribution in [0.15, 0.2) is 22.7 Å². The molecule has 3 N–H and O–H groups in total. The molecular weight excluding hydrogens is 290 g/mol. The summed E-state index contributed by atoms with van der Waals surface area (Å²) in [6.07, 6.45) is 1.15. The molecule has 0 amide bonds. The fraction of sp³-hybridized carbons (Fsp3) is 0.500. The zero-order valence-corrected chi connectivity index (χ0v) is 12.9. The van der Waals surface area contributed by atoms with Gasteiger partial charge in [-0.2, -0.15) is 0 Å². The molecular formula is C14H22BrN3. The maximum Gasteiger partial charge on any atom is 0.126 e. The number of nitrogens with zero attached hydrogens (tertiary/aromatic N) is 1. The van der Waals surface area contributed by atoms with Gasteiger partial charge in [-0.1, -0.05) is 26.3 Å². The van der Waals surface area contributed by atoms with Crippen LogP contribution in [0.3, 0.4) is 0 Å². The Labute approximate surface area is 118 Å². The Morgan fingerprint density at radius 3 is 2.61 bits per heavy atom. The highest BCUT2D eigenvalue weighted by Crippen LogP contribution is 2.28. The van der Waals surface area contributed by atoms with Crippen molar-refractivity contribution in [1.82, 2.24) is 0 Å². The van der Waals surface area contributed by atoms with Crippen LogP contribution >= 0.6 is 15.9 Å². The van der Waals surface area contributed by atoms with Gasteiger partial charge < -0.3 is 10.6 Å². The summed E-state index contributed by atoms with van der Waals surface area (Å²) in [4.78, 5) is 2.29. The van der Waals surface area contributed by atoms with Crippen LogP contribution in [-0.2, 0) is 0 Å². The quantitative estimate of drug-likeness (QED) is 0.623. The van der Waals surface area contributed by atoms with Crippen LogP contribution in [-0.4, -0.2) is 18.9 Å². The first-order valence-electron chi connectivity index (χ1n) is 6.39. The first-order chi connectivity index (χ1) is 8.51. The Bertz CT molecular complexity index is 418. The fourth-order valence-corrected chi connectivity index (χ4v) is 2.52. The van der Waals surface area contributed by atoms with E-state index in [-0.39, 0.29) is 5.84 Å². The fourth-order valence-electron chi connectivity index (χ4n) is 1.95. The summed E-state index contributed by atoms with van der Waals surface area (Å²) in [5.41, 5.74) is 7.53. The molecule has 0 fully saturated rings. The lowest BCUT2D eigenvalue weighted by Gasteiger charge is -2.28. The first-order valence-corrected chi connectivity index (χ1v) is 7.18. The summed E-state index contributed by atoms with van der Waals surface area (Å²) < 4.78 is 0.884. The average Bonchev–Trinajstić information content (AvgIpc) is 2.34. The van der Waals surface area contributed by atoms with Gasteiger partial charge in [-0.3, -0.25) is 5.41 Å².